The average molecular weight is 362 g/mol. The third-order valence-corrected chi connectivity index (χ3v) is 5.46. The number of nitrogens with two attached hydrogens (primary N) is 1. The molecule has 1 aromatic rings. The van der Waals surface area contributed by atoms with E-state index in [1.54, 1.807) is 0 Å². The molecule has 1 atom stereocenters. The maximum absolute atomic E-state index is 6.13. The van der Waals surface area contributed by atoms with Gasteiger partial charge in [-0.05, 0) is 57.8 Å². The Morgan fingerprint density at radius 3 is 2.73 bits per heavy atom. The van der Waals surface area contributed by atoms with Crippen molar-refractivity contribution in [3.05, 3.63) is 29.8 Å². The van der Waals surface area contributed by atoms with Crippen LogP contribution in [0, 0.1) is 0 Å². The number of rotatable bonds is 8. The van der Waals surface area contributed by atoms with Gasteiger partial charge in [-0.15, -0.1) is 0 Å². The van der Waals surface area contributed by atoms with E-state index in [1.807, 2.05) is 0 Å². The molecule has 2 fully saturated rings. The minimum Gasteiger partial charge on any atom is -0.493 e. The standard InChI is InChI=1S/C21H35N3O2/c22-20-7-5-11-24(12-9-20)18-19-6-1-2-8-21(19)26-15-4-3-10-23-13-16-25-17-14-23/h1-2,6,8,20H,3-5,7,9-18,22H2/t20-/m0/s1. The molecule has 2 heterocycles. The van der Waals surface area contributed by atoms with E-state index in [2.05, 4.69) is 34.1 Å². The molecular formula is C21H35N3O2. The van der Waals surface area contributed by atoms with Crippen molar-refractivity contribution in [3.63, 3.8) is 0 Å². The van der Waals surface area contributed by atoms with Crippen molar-refractivity contribution in [2.24, 2.45) is 5.73 Å². The Labute approximate surface area is 158 Å². The maximum Gasteiger partial charge on any atom is 0.123 e. The van der Waals surface area contributed by atoms with Gasteiger partial charge >= 0.3 is 0 Å². The number of nitrogens with zero attached hydrogens (tertiary/aromatic N) is 2. The molecule has 3 rings (SSSR count). The lowest BCUT2D eigenvalue weighted by atomic mass is 10.1. The van der Waals surface area contributed by atoms with Gasteiger partial charge in [0.15, 0.2) is 0 Å². The summed E-state index contributed by atoms with van der Waals surface area (Å²) in [5.41, 5.74) is 7.41. The van der Waals surface area contributed by atoms with E-state index in [1.165, 1.54) is 18.4 Å². The predicted octanol–water partition coefficient (Wildman–Crippen LogP) is 2.49. The molecule has 0 spiro atoms. The highest BCUT2D eigenvalue weighted by atomic mass is 16.5. The number of morpholine rings is 1. The van der Waals surface area contributed by atoms with E-state index >= 15 is 0 Å². The van der Waals surface area contributed by atoms with E-state index < -0.39 is 0 Å². The maximum atomic E-state index is 6.13. The number of likely N-dealkylation sites (tertiary alicyclic amines) is 1. The zero-order valence-corrected chi connectivity index (χ0v) is 16.1. The summed E-state index contributed by atoms with van der Waals surface area (Å²) in [6, 6.07) is 8.88. The van der Waals surface area contributed by atoms with Crippen LogP contribution in [0.15, 0.2) is 24.3 Å². The number of ether oxygens (including phenoxy) is 2. The van der Waals surface area contributed by atoms with Crippen LogP contribution in [-0.4, -0.2) is 68.4 Å². The average Bonchev–Trinajstić information content (AvgIpc) is 2.88. The summed E-state index contributed by atoms with van der Waals surface area (Å²) in [5, 5.41) is 0. The minimum absolute atomic E-state index is 0.373. The van der Waals surface area contributed by atoms with Crippen molar-refractivity contribution in [1.29, 1.82) is 0 Å². The fraction of sp³-hybridized carbons (Fsp3) is 0.714. The van der Waals surface area contributed by atoms with Crippen LogP contribution in [0.3, 0.4) is 0 Å². The SMILES string of the molecule is N[C@H]1CCCN(Cc2ccccc2OCCCCN2CCOCC2)CC1. The van der Waals surface area contributed by atoms with Gasteiger partial charge in [-0.3, -0.25) is 9.80 Å². The zero-order valence-electron chi connectivity index (χ0n) is 16.1. The normalized spacial score (nSPS) is 22.9. The van der Waals surface area contributed by atoms with Crippen LogP contribution in [0.5, 0.6) is 5.75 Å². The molecule has 0 bridgehead atoms. The zero-order chi connectivity index (χ0) is 18.0. The first-order chi connectivity index (χ1) is 12.8. The van der Waals surface area contributed by atoms with Crippen molar-refractivity contribution < 1.29 is 9.47 Å². The highest BCUT2D eigenvalue weighted by Crippen LogP contribution is 2.22. The number of unbranched alkanes of at least 4 members (excludes halogenated alkanes) is 1. The Bertz CT molecular complexity index is 520. The number of benzene rings is 1. The molecule has 0 saturated carbocycles. The summed E-state index contributed by atoms with van der Waals surface area (Å²) in [6.45, 7) is 9.06. The fourth-order valence-corrected chi connectivity index (χ4v) is 3.80. The molecule has 2 saturated heterocycles. The summed E-state index contributed by atoms with van der Waals surface area (Å²) in [5.74, 6) is 1.05. The molecule has 26 heavy (non-hydrogen) atoms. The molecular weight excluding hydrogens is 326 g/mol. The first-order valence-electron chi connectivity index (χ1n) is 10.3. The predicted molar refractivity (Wildman–Crippen MR) is 106 cm³/mol. The molecule has 5 nitrogen and oxygen atoms in total. The lowest BCUT2D eigenvalue weighted by molar-refractivity contribution is 0.0368. The summed E-state index contributed by atoms with van der Waals surface area (Å²) in [4.78, 5) is 5.01. The van der Waals surface area contributed by atoms with Crippen LogP contribution in [0.25, 0.3) is 0 Å². The summed E-state index contributed by atoms with van der Waals surface area (Å²) >= 11 is 0. The van der Waals surface area contributed by atoms with Crippen molar-refractivity contribution >= 4 is 0 Å². The molecule has 0 aliphatic carbocycles. The lowest BCUT2D eigenvalue weighted by Gasteiger charge is -2.26. The van der Waals surface area contributed by atoms with Crippen LogP contribution in [0.2, 0.25) is 0 Å². The summed E-state index contributed by atoms with van der Waals surface area (Å²) in [6.07, 6.45) is 5.74. The van der Waals surface area contributed by atoms with Gasteiger partial charge in [0.05, 0.1) is 19.8 Å². The highest BCUT2D eigenvalue weighted by Gasteiger charge is 2.15. The Morgan fingerprint density at radius 1 is 1.00 bits per heavy atom. The molecule has 0 aromatic heterocycles. The van der Waals surface area contributed by atoms with Crippen molar-refractivity contribution in [3.8, 4) is 5.75 Å². The topological polar surface area (TPSA) is 51.0 Å². The number of para-hydroxylation sites is 1. The van der Waals surface area contributed by atoms with E-state index in [4.69, 9.17) is 15.2 Å². The molecule has 1 aromatic carbocycles. The van der Waals surface area contributed by atoms with E-state index in [9.17, 15) is 0 Å². The first-order valence-corrected chi connectivity index (χ1v) is 10.3. The highest BCUT2D eigenvalue weighted by molar-refractivity contribution is 5.33. The van der Waals surface area contributed by atoms with Crippen LogP contribution in [0.1, 0.15) is 37.7 Å². The first kappa shape index (κ1) is 19.6. The monoisotopic (exact) mass is 361 g/mol. The largest absolute Gasteiger partial charge is 0.493 e. The Balaban J connectivity index is 1.40. The van der Waals surface area contributed by atoms with Gasteiger partial charge in [0, 0.05) is 31.2 Å². The van der Waals surface area contributed by atoms with Crippen LogP contribution in [0.4, 0.5) is 0 Å². The van der Waals surface area contributed by atoms with Crippen molar-refractivity contribution in [1.82, 2.24) is 9.80 Å². The number of hydrogen-bond acceptors (Lipinski definition) is 5. The van der Waals surface area contributed by atoms with Crippen molar-refractivity contribution in [2.45, 2.75) is 44.7 Å². The van der Waals surface area contributed by atoms with Crippen LogP contribution >= 0.6 is 0 Å². The van der Waals surface area contributed by atoms with Gasteiger partial charge in [-0.1, -0.05) is 18.2 Å². The Kier molecular flexibility index (Phi) is 8.21. The second kappa shape index (κ2) is 10.9. The van der Waals surface area contributed by atoms with Crippen LogP contribution in [-0.2, 0) is 11.3 Å². The molecule has 2 aliphatic rings. The smallest absolute Gasteiger partial charge is 0.123 e. The van der Waals surface area contributed by atoms with Gasteiger partial charge in [0.2, 0.25) is 0 Å². The fourth-order valence-electron chi connectivity index (χ4n) is 3.80. The van der Waals surface area contributed by atoms with Gasteiger partial charge in [0.1, 0.15) is 5.75 Å². The Hall–Kier alpha value is -1.14. The van der Waals surface area contributed by atoms with E-state index in [0.717, 1.165) is 84.1 Å². The second-order valence-electron chi connectivity index (χ2n) is 7.58. The number of hydrogen-bond donors (Lipinski definition) is 1. The van der Waals surface area contributed by atoms with Gasteiger partial charge in [0.25, 0.3) is 0 Å². The molecule has 0 radical (unpaired) electrons. The molecule has 146 valence electrons. The van der Waals surface area contributed by atoms with Gasteiger partial charge in [-0.25, -0.2) is 0 Å². The van der Waals surface area contributed by atoms with Gasteiger partial charge in [-0.2, -0.15) is 0 Å². The molecule has 0 amide bonds. The summed E-state index contributed by atoms with van der Waals surface area (Å²) < 4.78 is 11.5. The molecule has 2 N–H and O–H groups in total. The molecule has 2 aliphatic heterocycles. The van der Waals surface area contributed by atoms with Gasteiger partial charge < -0.3 is 15.2 Å². The third kappa shape index (κ3) is 6.54. The van der Waals surface area contributed by atoms with Crippen LogP contribution < -0.4 is 10.5 Å². The molecule has 0 unspecified atom stereocenters. The second-order valence-corrected chi connectivity index (χ2v) is 7.58. The Morgan fingerprint density at radius 2 is 1.85 bits per heavy atom. The minimum atomic E-state index is 0.373. The summed E-state index contributed by atoms with van der Waals surface area (Å²) in [7, 11) is 0. The lowest BCUT2D eigenvalue weighted by Crippen LogP contribution is -2.36. The van der Waals surface area contributed by atoms with Crippen molar-refractivity contribution in [2.75, 3.05) is 52.5 Å². The third-order valence-electron chi connectivity index (χ3n) is 5.46. The quantitative estimate of drug-likeness (QED) is 0.721. The molecule has 5 heteroatoms. The van der Waals surface area contributed by atoms with E-state index in [0.29, 0.717) is 6.04 Å². The van der Waals surface area contributed by atoms with E-state index in [-0.39, 0.29) is 0 Å².